The van der Waals surface area contributed by atoms with Crippen LogP contribution in [0.5, 0.6) is 0 Å². The summed E-state index contributed by atoms with van der Waals surface area (Å²) in [5.41, 5.74) is 7.35. The molecule has 40 heavy (non-hydrogen) atoms. The van der Waals surface area contributed by atoms with Crippen LogP contribution in [0.1, 0.15) is 28.8 Å². The molecule has 1 saturated heterocycles. The van der Waals surface area contributed by atoms with Gasteiger partial charge in [0.05, 0.1) is 19.3 Å². The van der Waals surface area contributed by atoms with E-state index in [0.717, 1.165) is 32.3 Å². The molecule has 10 nitrogen and oxygen atoms in total. The highest BCUT2D eigenvalue weighted by molar-refractivity contribution is 6.26. The third-order valence-corrected chi connectivity index (χ3v) is 7.49. The van der Waals surface area contributed by atoms with Gasteiger partial charge in [0, 0.05) is 12.0 Å². The average molecular weight is 533 g/mol. The Hall–Kier alpha value is -4.82. The second-order valence-corrected chi connectivity index (χ2v) is 9.80. The summed E-state index contributed by atoms with van der Waals surface area (Å²) in [4.78, 5) is 26.1. The molecule has 3 atom stereocenters. The summed E-state index contributed by atoms with van der Waals surface area (Å²) in [6, 6.07) is 18.2. The number of aliphatic hydroxyl groups excluding tert-OH is 2. The van der Waals surface area contributed by atoms with E-state index in [2.05, 4.69) is 56.4 Å². The number of hydrogen-bond donors (Lipinski definition) is 4. The molecule has 1 amide bonds. The number of amides is 1. The van der Waals surface area contributed by atoms with Crippen LogP contribution in [0.15, 0.2) is 60.9 Å². The number of benzene rings is 4. The van der Waals surface area contributed by atoms with Gasteiger partial charge < -0.3 is 26.0 Å². The number of imidazole rings is 1. The van der Waals surface area contributed by atoms with Crippen molar-refractivity contribution in [1.82, 2.24) is 24.8 Å². The average Bonchev–Trinajstić information content (AvgIpc) is 3.54. The van der Waals surface area contributed by atoms with Gasteiger partial charge in [-0.2, -0.15) is 0 Å². The number of fused-ring (bicyclic) bond motifs is 1. The van der Waals surface area contributed by atoms with Crippen molar-refractivity contribution in [2.24, 2.45) is 0 Å². The number of nitrogens with two attached hydrogens (primary N) is 1. The van der Waals surface area contributed by atoms with Crippen LogP contribution in [0.2, 0.25) is 0 Å². The summed E-state index contributed by atoms with van der Waals surface area (Å²) in [7, 11) is 0. The van der Waals surface area contributed by atoms with E-state index in [-0.39, 0.29) is 31.3 Å². The monoisotopic (exact) mass is 532 g/mol. The standard InChI is InChI=1S/C30H24N6O4/c31-28-27-29(34-15-33-28)36(24-13-21(38)22(14-37)40-24)23(35-27)5-2-12-32-30(39)20-11-9-18-7-6-16-3-1-4-17-8-10-19(20)26(18)25(16)17/h1,3-4,6-11,15,21-22,24,37-38H,12-14H2,(H,32,39)(H2,31,33,34)/t21-,22+,24+/m0/s1. The van der Waals surface area contributed by atoms with E-state index in [1.807, 2.05) is 30.3 Å². The molecule has 7 rings (SSSR count). The van der Waals surface area contributed by atoms with Crippen molar-refractivity contribution in [3.8, 4) is 11.8 Å². The van der Waals surface area contributed by atoms with Crippen LogP contribution in [-0.2, 0) is 4.74 Å². The van der Waals surface area contributed by atoms with E-state index in [1.54, 1.807) is 4.57 Å². The molecular weight excluding hydrogens is 508 g/mol. The summed E-state index contributed by atoms with van der Waals surface area (Å²) >= 11 is 0. The highest BCUT2D eigenvalue weighted by atomic mass is 16.5. The molecule has 1 aliphatic rings. The summed E-state index contributed by atoms with van der Waals surface area (Å²) in [6.07, 6.45) is -0.689. The van der Waals surface area contributed by atoms with Crippen molar-refractivity contribution in [2.45, 2.75) is 24.9 Å². The number of carbonyl (C=O) groups is 1. The van der Waals surface area contributed by atoms with E-state index in [9.17, 15) is 15.0 Å². The third kappa shape index (κ3) is 3.79. The molecule has 0 aliphatic carbocycles. The summed E-state index contributed by atoms with van der Waals surface area (Å²) in [5.74, 6) is 6.19. The first-order chi connectivity index (χ1) is 19.5. The maximum atomic E-state index is 13.3. The first-order valence-corrected chi connectivity index (χ1v) is 12.9. The predicted molar refractivity (Wildman–Crippen MR) is 151 cm³/mol. The van der Waals surface area contributed by atoms with Gasteiger partial charge in [-0.3, -0.25) is 9.36 Å². The van der Waals surface area contributed by atoms with Crippen LogP contribution in [0, 0.1) is 11.8 Å². The number of ether oxygens (including phenoxy) is 1. The minimum atomic E-state index is -0.850. The van der Waals surface area contributed by atoms with Crippen molar-refractivity contribution in [2.75, 3.05) is 18.9 Å². The normalized spacial score (nSPS) is 19.0. The largest absolute Gasteiger partial charge is 0.394 e. The molecule has 5 N–H and O–H groups in total. The molecule has 0 bridgehead atoms. The lowest BCUT2D eigenvalue weighted by molar-refractivity contribution is -0.0434. The summed E-state index contributed by atoms with van der Waals surface area (Å²) < 4.78 is 7.47. The molecule has 6 aromatic rings. The van der Waals surface area contributed by atoms with Gasteiger partial charge in [-0.15, -0.1) is 0 Å². The summed E-state index contributed by atoms with van der Waals surface area (Å²) in [6.45, 7) is -0.254. The van der Waals surface area contributed by atoms with Crippen LogP contribution in [-0.4, -0.2) is 61.0 Å². The van der Waals surface area contributed by atoms with Crippen LogP contribution in [0.3, 0.4) is 0 Å². The zero-order chi connectivity index (χ0) is 27.4. The quantitative estimate of drug-likeness (QED) is 0.200. The Kier molecular flexibility index (Phi) is 5.71. The Bertz CT molecular complexity index is 1980. The molecule has 0 saturated carbocycles. The molecule has 1 aliphatic heterocycles. The molecule has 4 aromatic carbocycles. The molecule has 0 radical (unpaired) electrons. The smallest absolute Gasteiger partial charge is 0.252 e. The van der Waals surface area contributed by atoms with Gasteiger partial charge in [0.1, 0.15) is 18.7 Å². The number of nitrogens with zero attached hydrogens (tertiary/aromatic N) is 4. The number of nitrogens with one attached hydrogen (secondary N) is 1. The second kappa shape index (κ2) is 9.43. The fourth-order valence-electron chi connectivity index (χ4n) is 5.60. The zero-order valence-corrected chi connectivity index (χ0v) is 21.2. The molecule has 10 heteroatoms. The van der Waals surface area contributed by atoms with Crippen molar-refractivity contribution < 1.29 is 19.7 Å². The fourth-order valence-corrected chi connectivity index (χ4v) is 5.60. The summed E-state index contributed by atoms with van der Waals surface area (Å²) in [5, 5.41) is 29.1. The minimum absolute atomic E-state index is 0.0680. The van der Waals surface area contributed by atoms with E-state index < -0.39 is 18.4 Å². The van der Waals surface area contributed by atoms with Gasteiger partial charge >= 0.3 is 0 Å². The third-order valence-electron chi connectivity index (χ3n) is 7.49. The Balaban J connectivity index is 1.18. The number of carbonyl (C=O) groups excluding carboxylic acids is 1. The number of nitrogen functional groups attached to an aromatic ring is 1. The van der Waals surface area contributed by atoms with Crippen molar-refractivity contribution in [3.05, 3.63) is 72.3 Å². The first kappa shape index (κ1) is 24.2. The van der Waals surface area contributed by atoms with Crippen molar-refractivity contribution >= 4 is 55.2 Å². The van der Waals surface area contributed by atoms with Crippen molar-refractivity contribution in [3.63, 3.8) is 0 Å². The molecule has 3 heterocycles. The number of hydrogen-bond acceptors (Lipinski definition) is 8. The van der Waals surface area contributed by atoms with Crippen molar-refractivity contribution in [1.29, 1.82) is 0 Å². The molecule has 0 spiro atoms. The topological polar surface area (TPSA) is 148 Å². The van der Waals surface area contributed by atoms with Gasteiger partial charge in [-0.05, 0) is 44.3 Å². The predicted octanol–water partition coefficient (Wildman–Crippen LogP) is 2.73. The van der Waals surface area contributed by atoms with E-state index in [0.29, 0.717) is 22.6 Å². The minimum Gasteiger partial charge on any atom is -0.394 e. The van der Waals surface area contributed by atoms with Crippen LogP contribution >= 0.6 is 0 Å². The second-order valence-electron chi connectivity index (χ2n) is 9.80. The highest BCUT2D eigenvalue weighted by Gasteiger charge is 2.36. The SMILES string of the molecule is Nc1ncnc2c1nc(C#CCNC(=O)c1ccc3ccc4cccc5ccc1c3c45)n2[C@H]1C[C@H](O)[C@@H](CO)O1. The number of anilines is 1. The number of aliphatic hydroxyl groups is 2. The molecule has 0 unspecified atom stereocenters. The Morgan fingerprint density at radius 3 is 2.60 bits per heavy atom. The maximum Gasteiger partial charge on any atom is 0.252 e. The molecule has 1 fully saturated rings. The van der Waals surface area contributed by atoms with E-state index in [1.165, 1.54) is 6.33 Å². The lowest BCUT2D eigenvalue weighted by Gasteiger charge is -2.14. The van der Waals surface area contributed by atoms with Crippen LogP contribution < -0.4 is 11.1 Å². The fraction of sp³-hybridized carbons (Fsp3) is 0.200. The van der Waals surface area contributed by atoms with E-state index >= 15 is 0 Å². The lowest BCUT2D eigenvalue weighted by atomic mass is 9.92. The first-order valence-electron chi connectivity index (χ1n) is 12.9. The number of aromatic nitrogens is 4. The number of rotatable bonds is 4. The Morgan fingerprint density at radius 1 is 1.07 bits per heavy atom. The maximum absolute atomic E-state index is 13.3. The molecule has 198 valence electrons. The lowest BCUT2D eigenvalue weighted by Crippen LogP contribution is -2.24. The zero-order valence-electron chi connectivity index (χ0n) is 21.2. The van der Waals surface area contributed by atoms with Crippen LogP contribution in [0.4, 0.5) is 5.82 Å². The van der Waals surface area contributed by atoms with Gasteiger partial charge in [-0.1, -0.05) is 54.5 Å². The van der Waals surface area contributed by atoms with Gasteiger partial charge in [0.2, 0.25) is 0 Å². The van der Waals surface area contributed by atoms with E-state index in [4.69, 9.17) is 10.5 Å². The highest BCUT2D eigenvalue weighted by Crippen LogP contribution is 2.36. The Labute approximate surface area is 227 Å². The van der Waals surface area contributed by atoms with Gasteiger partial charge in [0.15, 0.2) is 22.8 Å². The van der Waals surface area contributed by atoms with Crippen LogP contribution in [0.25, 0.3) is 43.5 Å². The van der Waals surface area contributed by atoms with Gasteiger partial charge in [0.25, 0.3) is 5.91 Å². The molecule has 2 aromatic heterocycles. The Morgan fingerprint density at radius 2 is 1.82 bits per heavy atom. The molecular formula is C30H24N6O4. The van der Waals surface area contributed by atoms with Gasteiger partial charge in [-0.25, -0.2) is 15.0 Å².